The number of fused-ring (bicyclic) bond motifs is 1. The molecule has 1 aliphatic carbocycles. The molecule has 144 valence electrons. The topological polar surface area (TPSA) is 82.6 Å². The zero-order valence-corrected chi connectivity index (χ0v) is 15.5. The largest absolute Gasteiger partial charge is 0.355 e. The number of nitrogens with zero attached hydrogens (tertiary/aromatic N) is 3. The Morgan fingerprint density at radius 1 is 1.07 bits per heavy atom. The second-order valence-corrected chi connectivity index (χ2v) is 7.69. The Bertz CT molecular complexity index is 720. The molecular weight excluding hydrogens is 344 g/mol. The molecule has 1 N–H and O–H groups in total. The summed E-state index contributed by atoms with van der Waals surface area (Å²) in [5, 5.41) is 2.91. The molecule has 7 nitrogen and oxygen atoms in total. The summed E-state index contributed by atoms with van der Waals surface area (Å²) in [6.45, 7) is 2.05. The third-order valence-corrected chi connectivity index (χ3v) is 5.96. The van der Waals surface area contributed by atoms with Crippen molar-refractivity contribution in [3.8, 4) is 0 Å². The highest BCUT2D eigenvalue weighted by Gasteiger charge is 2.47. The maximum atomic E-state index is 12.5. The molecule has 2 aliphatic heterocycles. The molecule has 0 unspecified atom stereocenters. The molecule has 0 aromatic carbocycles. The number of amides is 3. The second kappa shape index (κ2) is 7.66. The first-order chi connectivity index (χ1) is 13.1. The Morgan fingerprint density at radius 2 is 1.74 bits per heavy atom. The van der Waals surface area contributed by atoms with Crippen LogP contribution in [0.1, 0.15) is 44.9 Å². The number of aromatic nitrogens is 1. The van der Waals surface area contributed by atoms with Crippen molar-refractivity contribution in [2.75, 3.05) is 29.9 Å². The molecule has 0 radical (unpaired) electrons. The molecule has 1 aromatic heterocycles. The van der Waals surface area contributed by atoms with Gasteiger partial charge < -0.3 is 10.2 Å². The zero-order valence-electron chi connectivity index (χ0n) is 15.5. The number of nitrogens with one attached hydrogen (secondary N) is 1. The fourth-order valence-corrected chi connectivity index (χ4v) is 4.55. The maximum Gasteiger partial charge on any atom is 0.233 e. The Labute approximate surface area is 159 Å². The summed E-state index contributed by atoms with van der Waals surface area (Å²) in [5.41, 5.74) is 0.692. The molecule has 7 heteroatoms. The third-order valence-electron chi connectivity index (χ3n) is 5.96. The van der Waals surface area contributed by atoms with Gasteiger partial charge in [-0.05, 0) is 37.8 Å². The predicted molar refractivity (Wildman–Crippen MR) is 101 cm³/mol. The first-order valence-electron chi connectivity index (χ1n) is 10.00. The number of rotatable bonds is 5. The van der Waals surface area contributed by atoms with Crippen molar-refractivity contribution in [2.45, 2.75) is 44.9 Å². The summed E-state index contributed by atoms with van der Waals surface area (Å²) in [6.07, 6.45) is 7.72. The minimum absolute atomic E-state index is 0.0865. The van der Waals surface area contributed by atoms with Gasteiger partial charge in [0.25, 0.3) is 0 Å². The summed E-state index contributed by atoms with van der Waals surface area (Å²) < 4.78 is 0. The molecular formula is C20H26N4O3. The lowest BCUT2D eigenvalue weighted by molar-refractivity contribution is -0.140. The highest BCUT2D eigenvalue weighted by atomic mass is 16.2. The van der Waals surface area contributed by atoms with Crippen LogP contribution < -0.4 is 10.2 Å². The Morgan fingerprint density at radius 3 is 2.41 bits per heavy atom. The first-order valence-corrected chi connectivity index (χ1v) is 10.00. The molecule has 2 saturated heterocycles. The molecule has 2 atom stereocenters. The molecule has 3 amide bonds. The van der Waals surface area contributed by atoms with Crippen LogP contribution in [-0.2, 0) is 14.4 Å². The summed E-state index contributed by atoms with van der Waals surface area (Å²) in [5.74, 6) is 0.110. The van der Waals surface area contributed by atoms with E-state index in [0.29, 0.717) is 5.69 Å². The van der Waals surface area contributed by atoms with Gasteiger partial charge in [-0.2, -0.15) is 0 Å². The van der Waals surface area contributed by atoms with E-state index in [1.807, 2.05) is 6.07 Å². The quantitative estimate of drug-likeness (QED) is 0.804. The van der Waals surface area contributed by atoms with Crippen LogP contribution in [0.2, 0.25) is 0 Å². The zero-order chi connectivity index (χ0) is 18.8. The minimum atomic E-state index is -0.195. The Hall–Kier alpha value is -2.44. The Balaban J connectivity index is 1.37. The molecule has 4 rings (SSSR count). The highest BCUT2D eigenvalue weighted by molar-refractivity contribution is 6.05. The normalized spacial score (nSPS) is 25.0. The van der Waals surface area contributed by atoms with Crippen LogP contribution >= 0.6 is 0 Å². The number of hydrogen-bond acceptors (Lipinski definition) is 5. The lowest BCUT2D eigenvalue weighted by Gasteiger charge is -2.20. The fourth-order valence-electron chi connectivity index (χ4n) is 4.55. The van der Waals surface area contributed by atoms with Crippen molar-refractivity contribution >= 4 is 29.2 Å². The van der Waals surface area contributed by atoms with Crippen molar-refractivity contribution < 1.29 is 14.4 Å². The van der Waals surface area contributed by atoms with Crippen molar-refractivity contribution in [1.82, 2.24) is 9.88 Å². The number of likely N-dealkylation sites (tertiary alicyclic amines) is 1. The number of pyridine rings is 1. The number of hydrogen-bond donors (Lipinski definition) is 1. The first kappa shape index (κ1) is 17.9. The highest BCUT2D eigenvalue weighted by Crippen LogP contribution is 2.38. The van der Waals surface area contributed by atoms with Crippen molar-refractivity contribution in [2.24, 2.45) is 11.8 Å². The monoisotopic (exact) mass is 370 g/mol. The van der Waals surface area contributed by atoms with Gasteiger partial charge in [0, 0.05) is 32.3 Å². The molecule has 1 saturated carbocycles. The number of carbonyl (C=O) groups excluding carboxylic acids is 3. The van der Waals surface area contributed by atoms with E-state index in [9.17, 15) is 14.4 Å². The van der Waals surface area contributed by atoms with E-state index in [1.54, 1.807) is 12.3 Å². The summed E-state index contributed by atoms with van der Waals surface area (Å²) in [6, 6.07) is 3.65. The molecule has 3 fully saturated rings. The van der Waals surface area contributed by atoms with Gasteiger partial charge in [0.05, 0.1) is 17.5 Å². The van der Waals surface area contributed by atoms with E-state index in [0.717, 1.165) is 57.4 Å². The summed E-state index contributed by atoms with van der Waals surface area (Å²) in [7, 11) is 0. The molecule has 0 bridgehead atoms. The Kier molecular flexibility index (Phi) is 5.09. The number of imide groups is 1. The van der Waals surface area contributed by atoms with E-state index in [-0.39, 0.29) is 42.5 Å². The lowest BCUT2D eigenvalue weighted by Crippen LogP contribution is -2.34. The molecule has 3 heterocycles. The van der Waals surface area contributed by atoms with Crippen LogP contribution in [-0.4, -0.2) is 47.2 Å². The van der Waals surface area contributed by atoms with E-state index >= 15 is 0 Å². The third kappa shape index (κ3) is 3.55. The van der Waals surface area contributed by atoms with Gasteiger partial charge in [0.2, 0.25) is 17.7 Å². The SMILES string of the molecule is O=C(CCN1C(=O)[C@@H]2CCCC[C@H]2C1=O)Nc1cccnc1N1CCCC1. The summed E-state index contributed by atoms with van der Waals surface area (Å²) in [4.78, 5) is 45.4. The van der Waals surface area contributed by atoms with E-state index in [4.69, 9.17) is 0 Å². The molecule has 1 aromatic rings. The van der Waals surface area contributed by atoms with Crippen LogP contribution in [0.25, 0.3) is 0 Å². The summed E-state index contributed by atoms with van der Waals surface area (Å²) >= 11 is 0. The predicted octanol–water partition coefficient (Wildman–Crippen LogP) is 2.19. The van der Waals surface area contributed by atoms with Crippen LogP contribution in [0, 0.1) is 11.8 Å². The van der Waals surface area contributed by atoms with E-state index in [2.05, 4.69) is 15.2 Å². The van der Waals surface area contributed by atoms with Gasteiger partial charge in [-0.1, -0.05) is 12.8 Å². The number of carbonyl (C=O) groups is 3. The van der Waals surface area contributed by atoms with Crippen LogP contribution in [0.5, 0.6) is 0 Å². The van der Waals surface area contributed by atoms with Gasteiger partial charge in [0.15, 0.2) is 5.82 Å². The lowest BCUT2D eigenvalue weighted by atomic mass is 9.81. The maximum absolute atomic E-state index is 12.5. The van der Waals surface area contributed by atoms with Gasteiger partial charge in [-0.15, -0.1) is 0 Å². The van der Waals surface area contributed by atoms with Crippen LogP contribution in [0.15, 0.2) is 18.3 Å². The average Bonchev–Trinajstić information content (AvgIpc) is 3.29. The number of anilines is 2. The smallest absolute Gasteiger partial charge is 0.233 e. The molecule has 0 spiro atoms. The van der Waals surface area contributed by atoms with Crippen molar-refractivity contribution in [1.29, 1.82) is 0 Å². The van der Waals surface area contributed by atoms with Gasteiger partial charge in [0.1, 0.15) is 0 Å². The van der Waals surface area contributed by atoms with Gasteiger partial charge in [-0.3, -0.25) is 19.3 Å². The van der Waals surface area contributed by atoms with E-state index in [1.165, 1.54) is 4.90 Å². The van der Waals surface area contributed by atoms with Gasteiger partial charge >= 0.3 is 0 Å². The van der Waals surface area contributed by atoms with Crippen molar-refractivity contribution in [3.05, 3.63) is 18.3 Å². The molecule has 3 aliphatic rings. The standard InChI is InChI=1S/C20H26N4O3/c25-17(22-16-8-5-10-21-18(16)23-11-3-4-12-23)9-13-24-19(26)14-6-1-2-7-15(14)20(24)27/h5,8,10,14-15H,1-4,6-7,9,11-13H2,(H,22,25)/t14-,15-/m1/s1. The van der Waals surface area contributed by atoms with E-state index < -0.39 is 0 Å². The second-order valence-electron chi connectivity index (χ2n) is 7.69. The minimum Gasteiger partial charge on any atom is -0.355 e. The fraction of sp³-hybridized carbons (Fsp3) is 0.600. The van der Waals surface area contributed by atoms with Crippen LogP contribution in [0.4, 0.5) is 11.5 Å². The average molecular weight is 370 g/mol. The van der Waals surface area contributed by atoms with Crippen LogP contribution in [0.3, 0.4) is 0 Å². The van der Waals surface area contributed by atoms with Gasteiger partial charge in [-0.25, -0.2) is 4.98 Å². The van der Waals surface area contributed by atoms with Crippen molar-refractivity contribution in [3.63, 3.8) is 0 Å². The molecule has 27 heavy (non-hydrogen) atoms.